The highest BCUT2D eigenvalue weighted by Gasteiger charge is 2.30. The number of aryl methyl sites for hydroxylation is 1. The van der Waals surface area contributed by atoms with Gasteiger partial charge in [-0.05, 0) is 43.0 Å². The van der Waals surface area contributed by atoms with Gasteiger partial charge in [0, 0.05) is 25.9 Å². The molecule has 5 heteroatoms. The molecule has 0 radical (unpaired) electrons. The first kappa shape index (κ1) is 18.2. The van der Waals surface area contributed by atoms with Gasteiger partial charge >= 0.3 is 0 Å². The minimum Gasteiger partial charge on any atom is -0.469 e. The van der Waals surface area contributed by atoms with E-state index in [1.54, 1.807) is 13.2 Å². The van der Waals surface area contributed by atoms with Gasteiger partial charge in [-0.2, -0.15) is 0 Å². The molecule has 0 bridgehead atoms. The number of fused-ring (bicyclic) bond motifs is 1. The molecule has 3 rings (SSSR count). The van der Waals surface area contributed by atoms with Crippen molar-refractivity contribution < 1.29 is 14.0 Å². The third-order valence-electron chi connectivity index (χ3n) is 5.01. The number of hydrogen-bond acceptors (Lipinski definition) is 3. The molecule has 2 heterocycles. The molecule has 26 heavy (non-hydrogen) atoms. The van der Waals surface area contributed by atoms with E-state index >= 15 is 0 Å². The van der Waals surface area contributed by atoms with Crippen molar-refractivity contribution in [3.63, 3.8) is 0 Å². The van der Waals surface area contributed by atoms with E-state index in [4.69, 9.17) is 4.42 Å². The number of rotatable bonds is 6. The summed E-state index contributed by atoms with van der Waals surface area (Å²) in [7, 11) is 0. The lowest BCUT2D eigenvalue weighted by atomic mass is 9.90. The van der Waals surface area contributed by atoms with E-state index in [2.05, 4.69) is 11.4 Å². The van der Waals surface area contributed by atoms with Crippen LogP contribution in [0.25, 0.3) is 0 Å². The molecule has 1 N–H and O–H groups in total. The molecule has 0 aliphatic carbocycles. The van der Waals surface area contributed by atoms with Gasteiger partial charge in [-0.15, -0.1) is 0 Å². The normalized spacial score (nSPS) is 17.5. The zero-order chi connectivity index (χ0) is 18.5. The fourth-order valence-corrected chi connectivity index (χ4v) is 3.64. The number of carbonyl (C=O) groups is 2. The monoisotopic (exact) mass is 354 g/mol. The van der Waals surface area contributed by atoms with Crippen LogP contribution in [0.1, 0.15) is 49.6 Å². The Bertz CT molecular complexity index is 754. The van der Waals surface area contributed by atoms with Crippen LogP contribution < -0.4 is 5.32 Å². The summed E-state index contributed by atoms with van der Waals surface area (Å²) < 4.78 is 5.33. The molecule has 5 nitrogen and oxygen atoms in total. The summed E-state index contributed by atoms with van der Waals surface area (Å²) in [5.74, 6) is 0.920. The largest absolute Gasteiger partial charge is 0.469 e. The molecule has 2 atom stereocenters. The Morgan fingerprint density at radius 1 is 1.27 bits per heavy atom. The topological polar surface area (TPSA) is 62.6 Å². The van der Waals surface area contributed by atoms with Crippen LogP contribution in [0.3, 0.4) is 0 Å². The van der Waals surface area contributed by atoms with Gasteiger partial charge < -0.3 is 14.6 Å². The highest BCUT2D eigenvalue weighted by molar-refractivity contribution is 5.79. The second-order valence-electron chi connectivity index (χ2n) is 6.97. The lowest BCUT2D eigenvalue weighted by Crippen LogP contribution is -2.42. The lowest BCUT2D eigenvalue weighted by Gasteiger charge is -2.36. The standard InChI is InChI=1S/C21H26N2O3/c1-15(9-10-18-7-5-13-26-18)22-21(25)14-20-19-8-4-3-6-17(19)11-12-23(20)16(2)24/h3-8,13,15,20H,9-12,14H2,1-2H3,(H,22,25). The van der Waals surface area contributed by atoms with E-state index in [9.17, 15) is 9.59 Å². The van der Waals surface area contributed by atoms with Gasteiger partial charge in [0.15, 0.2) is 0 Å². The number of amides is 2. The van der Waals surface area contributed by atoms with Crippen molar-refractivity contribution >= 4 is 11.8 Å². The quantitative estimate of drug-likeness (QED) is 0.866. The van der Waals surface area contributed by atoms with E-state index in [-0.39, 0.29) is 23.9 Å². The molecule has 0 spiro atoms. The third-order valence-corrected chi connectivity index (χ3v) is 5.01. The summed E-state index contributed by atoms with van der Waals surface area (Å²) in [6, 6.07) is 11.8. The maximum absolute atomic E-state index is 12.6. The van der Waals surface area contributed by atoms with Gasteiger partial charge in [-0.25, -0.2) is 0 Å². The number of furan rings is 1. The van der Waals surface area contributed by atoms with Gasteiger partial charge in [0.2, 0.25) is 11.8 Å². The molecular weight excluding hydrogens is 328 g/mol. The van der Waals surface area contributed by atoms with E-state index < -0.39 is 0 Å². The maximum atomic E-state index is 12.6. The van der Waals surface area contributed by atoms with Gasteiger partial charge in [0.25, 0.3) is 0 Å². The van der Waals surface area contributed by atoms with E-state index in [0.717, 1.165) is 30.6 Å². The Morgan fingerprint density at radius 3 is 2.81 bits per heavy atom. The van der Waals surface area contributed by atoms with Crippen LogP contribution in [-0.4, -0.2) is 29.3 Å². The molecule has 0 saturated heterocycles. The second kappa shape index (κ2) is 8.21. The van der Waals surface area contributed by atoms with Gasteiger partial charge in [0.05, 0.1) is 18.7 Å². The predicted molar refractivity (Wildman–Crippen MR) is 99.5 cm³/mol. The average Bonchev–Trinajstić information content (AvgIpc) is 3.13. The molecule has 2 amide bonds. The van der Waals surface area contributed by atoms with Crippen molar-refractivity contribution in [1.29, 1.82) is 0 Å². The summed E-state index contributed by atoms with van der Waals surface area (Å²) in [5.41, 5.74) is 2.32. The number of nitrogens with zero attached hydrogens (tertiary/aromatic N) is 1. The summed E-state index contributed by atoms with van der Waals surface area (Å²) in [6.07, 6.45) is 4.40. The summed E-state index contributed by atoms with van der Waals surface area (Å²) >= 11 is 0. The predicted octanol–water partition coefficient (Wildman–Crippen LogP) is 3.25. The SMILES string of the molecule is CC(=O)N1CCc2ccccc2C1CC(=O)NC(C)CCc1ccco1. The number of benzene rings is 1. The zero-order valence-corrected chi connectivity index (χ0v) is 15.4. The van der Waals surface area contributed by atoms with E-state index in [0.29, 0.717) is 13.0 Å². The van der Waals surface area contributed by atoms with Crippen molar-refractivity contribution in [3.05, 3.63) is 59.5 Å². The minimum absolute atomic E-state index is 0.0168. The van der Waals surface area contributed by atoms with Gasteiger partial charge in [-0.3, -0.25) is 9.59 Å². The highest BCUT2D eigenvalue weighted by atomic mass is 16.3. The molecule has 1 aliphatic heterocycles. The molecule has 1 aromatic heterocycles. The van der Waals surface area contributed by atoms with E-state index in [1.165, 1.54) is 5.56 Å². The van der Waals surface area contributed by atoms with Crippen molar-refractivity contribution in [1.82, 2.24) is 10.2 Å². The van der Waals surface area contributed by atoms with Crippen LogP contribution in [0.5, 0.6) is 0 Å². The average molecular weight is 354 g/mol. The molecule has 1 aromatic carbocycles. The van der Waals surface area contributed by atoms with Crippen LogP contribution in [-0.2, 0) is 22.4 Å². The molecule has 2 unspecified atom stereocenters. The maximum Gasteiger partial charge on any atom is 0.222 e. The van der Waals surface area contributed by atoms with Crippen molar-refractivity contribution in [2.75, 3.05) is 6.54 Å². The van der Waals surface area contributed by atoms with E-state index in [1.807, 2.05) is 42.2 Å². The Balaban J connectivity index is 1.61. The minimum atomic E-state index is -0.185. The number of nitrogens with one attached hydrogen (secondary N) is 1. The third kappa shape index (κ3) is 4.34. The Hall–Kier alpha value is -2.56. The van der Waals surface area contributed by atoms with Crippen LogP contribution in [0.4, 0.5) is 0 Å². The van der Waals surface area contributed by atoms with Crippen molar-refractivity contribution in [2.45, 2.75) is 51.6 Å². The molecule has 1 aliphatic rings. The summed E-state index contributed by atoms with van der Waals surface area (Å²) in [6.45, 7) is 4.24. The van der Waals surface area contributed by atoms with Crippen LogP contribution in [0, 0.1) is 0 Å². The molecule has 0 fully saturated rings. The highest BCUT2D eigenvalue weighted by Crippen LogP contribution is 2.32. The van der Waals surface area contributed by atoms with Crippen LogP contribution in [0.15, 0.2) is 47.1 Å². The first-order valence-electron chi connectivity index (χ1n) is 9.21. The molecular formula is C21H26N2O3. The molecule has 2 aromatic rings. The Kier molecular flexibility index (Phi) is 5.76. The van der Waals surface area contributed by atoms with Crippen LogP contribution >= 0.6 is 0 Å². The first-order chi connectivity index (χ1) is 12.5. The number of carbonyl (C=O) groups excluding carboxylic acids is 2. The van der Waals surface area contributed by atoms with Crippen molar-refractivity contribution in [2.24, 2.45) is 0 Å². The number of hydrogen-bond donors (Lipinski definition) is 1. The van der Waals surface area contributed by atoms with Gasteiger partial charge in [0.1, 0.15) is 5.76 Å². The second-order valence-corrected chi connectivity index (χ2v) is 6.97. The smallest absolute Gasteiger partial charge is 0.222 e. The first-order valence-corrected chi connectivity index (χ1v) is 9.21. The zero-order valence-electron chi connectivity index (χ0n) is 15.4. The lowest BCUT2D eigenvalue weighted by molar-refractivity contribution is -0.133. The summed E-state index contributed by atoms with van der Waals surface area (Å²) in [4.78, 5) is 26.4. The fraction of sp³-hybridized carbons (Fsp3) is 0.429. The molecule has 0 saturated carbocycles. The fourth-order valence-electron chi connectivity index (χ4n) is 3.64. The molecule has 138 valence electrons. The Morgan fingerprint density at radius 2 is 2.08 bits per heavy atom. The summed E-state index contributed by atoms with van der Waals surface area (Å²) in [5, 5.41) is 3.06. The van der Waals surface area contributed by atoms with Gasteiger partial charge in [-0.1, -0.05) is 24.3 Å². The van der Waals surface area contributed by atoms with Crippen LogP contribution in [0.2, 0.25) is 0 Å². The van der Waals surface area contributed by atoms with Crippen molar-refractivity contribution in [3.8, 4) is 0 Å². The Labute approximate surface area is 154 Å².